The molecule has 1 unspecified atom stereocenters. The maximum absolute atomic E-state index is 13.1. The van der Waals surface area contributed by atoms with Crippen LogP contribution in [0.3, 0.4) is 0 Å². The molecular weight excluding hydrogens is 398 g/mol. The Bertz CT molecular complexity index is 944. The number of anilines is 1. The van der Waals surface area contributed by atoms with Crippen LogP contribution in [0.2, 0.25) is 5.02 Å². The second kappa shape index (κ2) is 8.50. The molecule has 0 aromatic heterocycles. The van der Waals surface area contributed by atoms with Gasteiger partial charge < -0.3 is 25.4 Å². The van der Waals surface area contributed by atoms with E-state index in [0.29, 0.717) is 38.6 Å². The van der Waals surface area contributed by atoms with Gasteiger partial charge in [0.2, 0.25) is 0 Å². The smallest absolute Gasteiger partial charge is 0.255 e. The molecule has 0 saturated carbocycles. The average Bonchev–Trinajstić information content (AvgIpc) is 2.68. The maximum atomic E-state index is 13.1. The number of hydrogen-bond acceptors (Lipinski definition) is 4. The molecule has 0 fully saturated rings. The molecule has 0 aliphatic carbocycles. The molecule has 8 heteroatoms. The Labute approximate surface area is 173 Å². The van der Waals surface area contributed by atoms with Crippen LogP contribution in [0.25, 0.3) is 0 Å². The molecule has 1 heterocycles. The fourth-order valence-corrected chi connectivity index (χ4v) is 3.42. The number of benzene rings is 2. The molecular formula is C20H20ClN3O3S. The van der Waals surface area contributed by atoms with Gasteiger partial charge in [0.15, 0.2) is 5.11 Å². The Morgan fingerprint density at radius 3 is 2.50 bits per heavy atom. The summed E-state index contributed by atoms with van der Waals surface area (Å²) in [6, 6.07) is 11.8. The van der Waals surface area contributed by atoms with E-state index in [4.69, 9.17) is 33.3 Å². The van der Waals surface area contributed by atoms with Gasteiger partial charge in [-0.15, -0.1) is 0 Å². The second-order valence-electron chi connectivity index (χ2n) is 6.14. The first-order valence-electron chi connectivity index (χ1n) is 8.50. The minimum Gasteiger partial charge on any atom is -0.497 e. The van der Waals surface area contributed by atoms with Gasteiger partial charge >= 0.3 is 0 Å². The number of ether oxygens (including phenoxy) is 2. The SMILES string of the molecule is COc1ccc(OC)c(C2NC(=S)NC(C)=C2C(=O)Nc2ccc(Cl)cc2)c1. The second-order valence-corrected chi connectivity index (χ2v) is 6.98. The molecule has 0 radical (unpaired) electrons. The summed E-state index contributed by atoms with van der Waals surface area (Å²) in [7, 11) is 3.16. The predicted molar refractivity (Wildman–Crippen MR) is 114 cm³/mol. The van der Waals surface area contributed by atoms with Crippen molar-refractivity contribution in [1.29, 1.82) is 0 Å². The molecule has 2 aromatic carbocycles. The molecule has 146 valence electrons. The van der Waals surface area contributed by atoms with Crippen LogP contribution in [0.15, 0.2) is 53.7 Å². The lowest BCUT2D eigenvalue weighted by atomic mass is 9.94. The van der Waals surface area contributed by atoms with Gasteiger partial charge in [-0.1, -0.05) is 11.6 Å². The van der Waals surface area contributed by atoms with Gasteiger partial charge in [0.25, 0.3) is 5.91 Å². The van der Waals surface area contributed by atoms with Gasteiger partial charge in [0.05, 0.1) is 25.8 Å². The predicted octanol–water partition coefficient (Wildman–Crippen LogP) is 3.79. The number of thiocarbonyl (C=S) groups is 1. The number of hydrogen-bond donors (Lipinski definition) is 3. The number of carbonyl (C=O) groups excluding carboxylic acids is 1. The molecule has 0 saturated heterocycles. The summed E-state index contributed by atoms with van der Waals surface area (Å²) in [4.78, 5) is 13.1. The highest BCUT2D eigenvalue weighted by Gasteiger charge is 2.32. The van der Waals surface area contributed by atoms with Crippen molar-refractivity contribution in [2.75, 3.05) is 19.5 Å². The summed E-state index contributed by atoms with van der Waals surface area (Å²) < 4.78 is 10.8. The first-order chi connectivity index (χ1) is 13.4. The van der Waals surface area contributed by atoms with Gasteiger partial charge in [0, 0.05) is 22.0 Å². The summed E-state index contributed by atoms with van der Waals surface area (Å²) in [5.41, 5.74) is 2.53. The number of rotatable bonds is 5. The Hall–Kier alpha value is -2.77. The minimum absolute atomic E-state index is 0.266. The maximum Gasteiger partial charge on any atom is 0.255 e. The molecule has 3 N–H and O–H groups in total. The van der Waals surface area contributed by atoms with Crippen molar-refractivity contribution < 1.29 is 14.3 Å². The van der Waals surface area contributed by atoms with Crippen LogP contribution in [0.5, 0.6) is 11.5 Å². The molecule has 1 aliphatic heterocycles. The number of halogens is 1. The monoisotopic (exact) mass is 417 g/mol. The fraction of sp³-hybridized carbons (Fsp3) is 0.200. The lowest BCUT2D eigenvalue weighted by Gasteiger charge is -2.31. The molecule has 28 heavy (non-hydrogen) atoms. The summed E-state index contributed by atoms with van der Waals surface area (Å²) in [5.74, 6) is 1.00. The van der Waals surface area contributed by atoms with Crippen molar-refractivity contribution in [3.8, 4) is 11.5 Å². The zero-order chi connectivity index (χ0) is 20.3. The topological polar surface area (TPSA) is 71.6 Å². The van der Waals surface area contributed by atoms with Gasteiger partial charge in [-0.2, -0.15) is 0 Å². The molecule has 2 aromatic rings. The number of nitrogens with one attached hydrogen (secondary N) is 3. The lowest BCUT2D eigenvalue weighted by molar-refractivity contribution is -0.113. The third-order valence-corrected chi connectivity index (χ3v) is 4.84. The Kier molecular flexibility index (Phi) is 6.06. The van der Waals surface area contributed by atoms with Crippen LogP contribution in [0.4, 0.5) is 5.69 Å². The van der Waals surface area contributed by atoms with Crippen molar-refractivity contribution in [2.24, 2.45) is 0 Å². The Morgan fingerprint density at radius 1 is 1.14 bits per heavy atom. The van der Waals surface area contributed by atoms with Crippen LogP contribution in [0.1, 0.15) is 18.5 Å². The van der Waals surface area contributed by atoms with E-state index in [1.54, 1.807) is 50.6 Å². The summed E-state index contributed by atoms with van der Waals surface area (Å²) in [6.07, 6.45) is 0. The average molecular weight is 418 g/mol. The molecule has 3 rings (SSSR count). The van der Waals surface area contributed by atoms with Crippen LogP contribution in [-0.2, 0) is 4.79 Å². The van der Waals surface area contributed by atoms with E-state index < -0.39 is 6.04 Å². The standard InChI is InChI=1S/C20H20ClN3O3S/c1-11-17(19(25)23-13-6-4-12(21)5-7-13)18(24-20(28)22-11)15-10-14(26-2)8-9-16(15)27-3/h4-10,18H,1-3H3,(H,23,25)(H2,22,24,28). The highest BCUT2D eigenvalue weighted by molar-refractivity contribution is 7.80. The van der Waals surface area contributed by atoms with Crippen LogP contribution >= 0.6 is 23.8 Å². The minimum atomic E-state index is -0.508. The largest absolute Gasteiger partial charge is 0.497 e. The van der Waals surface area contributed by atoms with E-state index in [1.807, 2.05) is 13.0 Å². The first kappa shape index (κ1) is 20.0. The zero-order valence-corrected chi connectivity index (χ0v) is 17.2. The Balaban J connectivity index is 2.01. The summed E-state index contributed by atoms with van der Waals surface area (Å²) in [6.45, 7) is 1.81. The van der Waals surface area contributed by atoms with E-state index in [9.17, 15) is 4.79 Å². The molecule has 0 bridgehead atoms. The quantitative estimate of drug-likeness (QED) is 0.643. The number of amides is 1. The summed E-state index contributed by atoms with van der Waals surface area (Å²) in [5, 5.41) is 10.1. The van der Waals surface area contributed by atoms with Crippen molar-refractivity contribution in [3.63, 3.8) is 0 Å². The molecule has 1 amide bonds. The highest BCUT2D eigenvalue weighted by atomic mass is 35.5. The van der Waals surface area contributed by atoms with Gasteiger partial charge in [-0.25, -0.2) is 0 Å². The molecule has 1 atom stereocenters. The van der Waals surface area contributed by atoms with Crippen molar-refractivity contribution >= 4 is 40.5 Å². The zero-order valence-electron chi connectivity index (χ0n) is 15.6. The van der Waals surface area contributed by atoms with Gasteiger partial charge in [0.1, 0.15) is 11.5 Å². The van der Waals surface area contributed by atoms with E-state index in [0.717, 1.165) is 5.56 Å². The van der Waals surface area contributed by atoms with Crippen molar-refractivity contribution in [2.45, 2.75) is 13.0 Å². The third-order valence-electron chi connectivity index (χ3n) is 4.36. The lowest BCUT2D eigenvalue weighted by Crippen LogP contribution is -2.45. The summed E-state index contributed by atoms with van der Waals surface area (Å²) >= 11 is 11.2. The van der Waals surface area contributed by atoms with Crippen LogP contribution < -0.4 is 25.4 Å². The van der Waals surface area contributed by atoms with Crippen molar-refractivity contribution in [3.05, 3.63) is 64.3 Å². The molecule has 6 nitrogen and oxygen atoms in total. The normalized spacial score (nSPS) is 16.1. The highest BCUT2D eigenvalue weighted by Crippen LogP contribution is 2.36. The van der Waals surface area contributed by atoms with Crippen molar-refractivity contribution in [1.82, 2.24) is 10.6 Å². The Morgan fingerprint density at radius 2 is 1.86 bits per heavy atom. The van der Waals surface area contributed by atoms with Crippen LogP contribution in [-0.4, -0.2) is 25.2 Å². The van der Waals surface area contributed by atoms with Crippen LogP contribution in [0, 0.1) is 0 Å². The third kappa shape index (κ3) is 4.21. The molecule has 0 spiro atoms. The fourth-order valence-electron chi connectivity index (χ4n) is 3.02. The van der Waals surface area contributed by atoms with E-state index >= 15 is 0 Å². The van der Waals surface area contributed by atoms with E-state index in [-0.39, 0.29) is 5.91 Å². The van der Waals surface area contributed by atoms with Gasteiger partial charge in [-0.3, -0.25) is 4.79 Å². The first-order valence-corrected chi connectivity index (χ1v) is 9.28. The number of carbonyl (C=O) groups is 1. The molecule has 1 aliphatic rings. The number of methoxy groups -OCH3 is 2. The van der Waals surface area contributed by atoms with E-state index in [2.05, 4.69) is 16.0 Å². The number of allylic oxidation sites excluding steroid dienone is 1. The van der Waals surface area contributed by atoms with E-state index in [1.165, 1.54) is 0 Å². The van der Waals surface area contributed by atoms with Gasteiger partial charge in [-0.05, 0) is 61.6 Å².